The first-order valence-electron chi connectivity index (χ1n) is 5.05. The number of rotatable bonds is 6. The summed E-state index contributed by atoms with van der Waals surface area (Å²) in [4.78, 5) is 11.3. The molecule has 1 atom stereocenters. The third-order valence-electron chi connectivity index (χ3n) is 1.96. The molecule has 0 saturated carbocycles. The molecule has 0 fully saturated rings. The van der Waals surface area contributed by atoms with Crippen molar-refractivity contribution in [2.45, 2.75) is 46.3 Å². The minimum Gasteiger partial charge on any atom is -0.300 e. The van der Waals surface area contributed by atoms with E-state index in [-0.39, 0.29) is 5.92 Å². The molecule has 0 bridgehead atoms. The number of Topliss-reactive ketones (excluding diaryl/α,β-unsaturated/α-hetero) is 1. The highest BCUT2D eigenvalue weighted by atomic mass is 32.2. The Morgan fingerprint density at radius 2 is 1.77 bits per heavy atom. The molecule has 0 aromatic rings. The van der Waals surface area contributed by atoms with Crippen molar-refractivity contribution in [1.29, 1.82) is 0 Å². The van der Waals surface area contributed by atoms with Gasteiger partial charge in [-0.2, -0.15) is 11.8 Å². The van der Waals surface area contributed by atoms with Crippen molar-refractivity contribution in [3.63, 3.8) is 0 Å². The molecule has 1 unspecified atom stereocenters. The molecule has 0 aromatic heterocycles. The lowest BCUT2D eigenvalue weighted by Gasteiger charge is -2.16. The zero-order valence-corrected chi connectivity index (χ0v) is 10.3. The Kier molecular flexibility index (Phi) is 6.48. The summed E-state index contributed by atoms with van der Waals surface area (Å²) in [6, 6.07) is 0. The molecule has 0 aliphatic heterocycles. The summed E-state index contributed by atoms with van der Waals surface area (Å²) in [7, 11) is 0. The smallest absolute Gasteiger partial charge is 0.133 e. The summed E-state index contributed by atoms with van der Waals surface area (Å²) in [6.07, 6.45) is 1.04. The van der Waals surface area contributed by atoms with Crippen LogP contribution in [0.1, 0.15) is 41.0 Å². The number of carbonyl (C=O) groups excluding carboxylic acids is 1. The fourth-order valence-electron chi connectivity index (χ4n) is 1.23. The first kappa shape index (κ1) is 13.0. The summed E-state index contributed by atoms with van der Waals surface area (Å²) >= 11 is 1.89. The highest BCUT2D eigenvalue weighted by molar-refractivity contribution is 7.99. The van der Waals surface area contributed by atoms with E-state index in [1.807, 2.05) is 11.8 Å². The van der Waals surface area contributed by atoms with E-state index in [1.165, 1.54) is 0 Å². The molecule has 0 aliphatic carbocycles. The third kappa shape index (κ3) is 7.12. The molecular weight excluding hydrogens is 180 g/mol. The molecule has 0 radical (unpaired) electrons. The van der Waals surface area contributed by atoms with Gasteiger partial charge in [-0.05, 0) is 24.5 Å². The van der Waals surface area contributed by atoms with E-state index in [9.17, 15) is 4.79 Å². The van der Waals surface area contributed by atoms with Crippen LogP contribution in [-0.4, -0.2) is 16.8 Å². The minimum atomic E-state index is 0.271. The van der Waals surface area contributed by atoms with E-state index in [2.05, 4.69) is 27.7 Å². The van der Waals surface area contributed by atoms with Gasteiger partial charge in [0.25, 0.3) is 0 Å². The fourth-order valence-corrected chi connectivity index (χ4v) is 2.22. The lowest BCUT2D eigenvalue weighted by molar-refractivity contribution is -0.120. The van der Waals surface area contributed by atoms with E-state index in [1.54, 1.807) is 6.92 Å². The maximum absolute atomic E-state index is 11.3. The molecule has 2 heteroatoms. The fraction of sp³-hybridized carbons (Fsp3) is 0.909. The van der Waals surface area contributed by atoms with Crippen LogP contribution in [-0.2, 0) is 4.79 Å². The van der Waals surface area contributed by atoms with Crippen LogP contribution in [0.4, 0.5) is 0 Å². The molecule has 0 rings (SSSR count). The summed E-state index contributed by atoms with van der Waals surface area (Å²) in [5, 5.41) is 0.633. The van der Waals surface area contributed by atoms with Gasteiger partial charge in [-0.15, -0.1) is 0 Å². The second kappa shape index (κ2) is 6.47. The summed E-state index contributed by atoms with van der Waals surface area (Å²) in [6.45, 7) is 10.4. The van der Waals surface area contributed by atoms with E-state index in [0.29, 0.717) is 17.0 Å². The second-order valence-corrected chi connectivity index (χ2v) is 5.93. The third-order valence-corrected chi connectivity index (χ3v) is 3.22. The van der Waals surface area contributed by atoms with Crippen LogP contribution < -0.4 is 0 Å². The Bertz CT molecular complexity index is 152. The maximum Gasteiger partial charge on any atom is 0.133 e. The van der Waals surface area contributed by atoms with Gasteiger partial charge in [-0.25, -0.2) is 0 Å². The summed E-state index contributed by atoms with van der Waals surface area (Å²) in [5.74, 6) is 2.24. The van der Waals surface area contributed by atoms with Crippen molar-refractivity contribution in [2.24, 2.45) is 11.8 Å². The first-order valence-corrected chi connectivity index (χ1v) is 6.10. The number of ketones is 1. The van der Waals surface area contributed by atoms with Gasteiger partial charge >= 0.3 is 0 Å². The van der Waals surface area contributed by atoms with Crippen molar-refractivity contribution in [3.8, 4) is 0 Å². The molecule has 0 saturated heterocycles. The zero-order valence-electron chi connectivity index (χ0n) is 9.46. The Morgan fingerprint density at radius 1 is 1.23 bits per heavy atom. The normalized spacial score (nSPS) is 13.8. The van der Waals surface area contributed by atoms with Gasteiger partial charge in [-0.3, -0.25) is 4.79 Å². The number of hydrogen-bond acceptors (Lipinski definition) is 2. The second-order valence-electron chi connectivity index (χ2n) is 4.32. The number of carbonyl (C=O) groups is 1. The topological polar surface area (TPSA) is 17.1 Å². The minimum absolute atomic E-state index is 0.271. The molecule has 0 aliphatic rings. The molecular formula is C11H22OS. The van der Waals surface area contributed by atoms with E-state index >= 15 is 0 Å². The molecule has 13 heavy (non-hydrogen) atoms. The SMILES string of the molecule is CC(=O)C(CSC(C)C)CC(C)C. The van der Waals surface area contributed by atoms with Gasteiger partial charge in [0.15, 0.2) is 0 Å². The van der Waals surface area contributed by atoms with Crippen LogP contribution in [0.5, 0.6) is 0 Å². The Morgan fingerprint density at radius 3 is 2.08 bits per heavy atom. The number of thioether (sulfide) groups is 1. The lowest BCUT2D eigenvalue weighted by Crippen LogP contribution is -2.17. The van der Waals surface area contributed by atoms with Crippen molar-refractivity contribution in [2.75, 3.05) is 5.75 Å². The molecule has 0 aromatic carbocycles. The highest BCUT2D eigenvalue weighted by Gasteiger charge is 2.16. The predicted octanol–water partition coefficient (Wildman–Crippen LogP) is 3.38. The van der Waals surface area contributed by atoms with Crippen LogP contribution in [0.15, 0.2) is 0 Å². The van der Waals surface area contributed by atoms with Gasteiger partial charge in [0, 0.05) is 11.7 Å². The average Bonchev–Trinajstić information content (AvgIpc) is 1.96. The molecule has 0 N–H and O–H groups in total. The summed E-state index contributed by atoms with van der Waals surface area (Å²) in [5.41, 5.74) is 0. The predicted molar refractivity (Wildman–Crippen MR) is 61.2 cm³/mol. The molecule has 0 heterocycles. The van der Waals surface area contributed by atoms with E-state index in [4.69, 9.17) is 0 Å². The summed E-state index contributed by atoms with van der Waals surface area (Å²) < 4.78 is 0. The maximum atomic E-state index is 11.3. The average molecular weight is 202 g/mol. The molecule has 1 nitrogen and oxygen atoms in total. The standard InChI is InChI=1S/C11H22OS/c1-8(2)6-11(10(5)12)7-13-9(3)4/h8-9,11H,6-7H2,1-5H3. The Hall–Kier alpha value is 0.0200. The Balaban J connectivity index is 3.88. The van der Waals surface area contributed by atoms with Gasteiger partial charge in [0.05, 0.1) is 0 Å². The largest absolute Gasteiger partial charge is 0.300 e. The van der Waals surface area contributed by atoms with E-state index in [0.717, 1.165) is 12.2 Å². The quantitative estimate of drug-likeness (QED) is 0.657. The van der Waals surface area contributed by atoms with Crippen LogP contribution in [0.2, 0.25) is 0 Å². The van der Waals surface area contributed by atoms with Crippen molar-refractivity contribution in [1.82, 2.24) is 0 Å². The van der Waals surface area contributed by atoms with Crippen molar-refractivity contribution >= 4 is 17.5 Å². The van der Waals surface area contributed by atoms with Gasteiger partial charge in [0.1, 0.15) is 5.78 Å². The van der Waals surface area contributed by atoms with Crippen LogP contribution in [0, 0.1) is 11.8 Å². The molecule has 0 amide bonds. The van der Waals surface area contributed by atoms with Crippen LogP contribution >= 0.6 is 11.8 Å². The van der Waals surface area contributed by atoms with Crippen molar-refractivity contribution in [3.05, 3.63) is 0 Å². The van der Waals surface area contributed by atoms with Crippen LogP contribution in [0.3, 0.4) is 0 Å². The first-order chi connectivity index (χ1) is 5.93. The van der Waals surface area contributed by atoms with E-state index < -0.39 is 0 Å². The van der Waals surface area contributed by atoms with Gasteiger partial charge in [-0.1, -0.05) is 27.7 Å². The highest BCUT2D eigenvalue weighted by Crippen LogP contribution is 2.20. The van der Waals surface area contributed by atoms with Gasteiger partial charge in [0.2, 0.25) is 0 Å². The lowest BCUT2D eigenvalue weighted by atomic mass is 9.96. The Labute approximate surface area is 86.7 Å². The molecule has 0 spiro atoms. The van der Waals surface area contributed by atoms with Gasteiger partial charge < -0.3 is 0 Å². The zero-order chi connectivity index (χ0) is 10.4. The van der Waals surface area contributed by atoms with Crippen molar-refractivity contribution < 1.29 is 4.79 Å². The monoisotopic (exact) mass is 202 g/mol. The molecule has 78 valence electrons. The number of hydrogen-bond donors (Lipinski definition) is 0. The van der Waals surface area contributed by atoms with Crippen LogP contribution in [0.25, 0.3) is 0 Å².